The van der Waals surface area contributed by atoms with E-state index in [1.807, 2.05) is 48.5 Å². The second-order valence-electron chi connectivity index (χ2n) is 7.56. The summed E-state index contributed by atoms with van der Waals surface area (Å²) < 4.78 is 0. The van der Waals surface area contributed by atoms with E-state index in [1.54, 1.807) is 0 Å². The van der Waals surface area contributed by atoms with Crippen molar-refractivity contribution in [3.63, 3.8) is 0 Å². The van der Waals surface area contributed by atoms with Crippen molar-refractivity contribution in [2.75, 3.05) is 32.5 Å². The first-order chi connectivity index (χ1) is 14.6. The molecule has 1 aromatic heterocycles. The zero-order valence-corrected chi connectivity index (χ0v) is 18.0. The normalized spacial score (nSPS) is 11.2. The molecule has 0 bridgehead atoms. The molecule has 0 fully saturated rings. The molecule has 0 atom stereocenters. The lowest BCUT2D eigenvalue weighted by molar-refractivity contribution is 0.405. The largest absolute Gasteiger partial charge is 0.369 e. The molecule has 0 saturated heterocycles. The van der Waals surface area contributed by atoms with Crippen LogP contribution in [-0.2, 0) is 0 Å². The first-order valence-corrected chi connectivity index (χ1v) is 10.5. The fraction of sp³-hybridized carbons (Fsp3) is 0.200. The van der Waals surface area contributed by atoms with E-state index in [0.717, 1.165) is 47.4 Å². The van der Waals surface area contributed by atoms with Crippen LogP contribution in [0.1, 0.15) is 6.42 Å². The third-order valence-corrected chi connectivity index (χ3v) is 5.28. The van der Waals surface area contributed by atoms with Gasteiger partial charge in [0.05, 0.1) is 10.5 Å². The van der Waals surface area contributed by atoms with Crippen LogP contribution >= 0.6 is 11.6 Å². The van der Waals surface area contributed by atoms with E-state index in [2.05, 4.69) is 48.6 Å². The summed E-state index contributed by atoms with van der Waals surface area (Å²) in [5.74, 6) is 1.49. The highest BCUT2D eigenvalue weighted by molar-refractivity contribution is 6.35. The van der Waals surface area contributed by atoms with E-state index in [9.17, 15) is 0 Å². The molecule has 1 heterocycles. The lowest BCUT2D eigenvalue weighted by atomic mass is 10.0. The topological polar surface area (TPSA) is 41.0 Å². The number of rotatable bonds is 7. The predicted octanol–water partition coefficient (Wildman–Crippen LogP) is 5.98. The van der Waals surface area contributed by atoms with Crippen molar-refractivity contribution in [3.05, 3.63) is 77.8 Å². The Balaban J connectivity index is 1.73. The maximum absolute atomic E-state index is 6.49. The Morgan fingerprint density at radius 3 is 2.37 bits per heavy atom. The number of aromatic nitrogens is 2. The van der Waals surface area contributed by atoms with Crippen LogP contribution in [0.4, 0.5) is 5.82 Å². The van der Waals surface area contributed by atoms with Crippen LogP contribution in [0.25, 0.3) is 33.4 Å². The summed E-state index contributed by atoms with van der Waals surface area (Å²) in [7, 11) is 4.16. The van der Waals surface area contributed by atoms with Crippen LogP contribution in [0, 0.1) is 0 Å². The van der Waals surface area contributed by atoms with Crippen LogP contribution in [0.3, 0.4) is 0 Å². The maximum atomic E-state index is 6.49. The molecule has 0 aliphatic heterocycles. The minimum absolute atomic E-state index is 0.631. The van der Waals surface area contributed by atoms with Gasteiger partial charge in [-0.15, -0.1) is 0 Å². The number of benzene rings is 3. The lowest BCUT2D eigenvalue weighted by Gasteiger charge is -2.14. The molecule has 4 aromatic rings. The standard InChI is InChI=1S/C25H25ClN4/c1-30(2)16-8-15-27-25-21-13-7-14-22(26)23(21)28-24(29-25)20-12-6-11-19(17-20)18-9-4-3-5-10-18/h3-7,9-14,17H,8,15-16H2,1-2H3,(H,27,28,29). The summed E-state index contributed by atoms with van der Waals surface area (Å²) in [5.41, 5.74) is 4.04. The fourth-order valence-corrected chi connectivity index (χ4v) is 3.67. The number of para-hydroxylation sites is 1. The van der Waals surface area contributed by atoms with Crippen molar-refractivity contribution in [1.82, 2.24) is 14.9 Å². The fourth-order valence-electron chi connectivity index (χ4n) is 3.45. The van der Waals surface area contributed by atoms with Gasteiger partial charge in [0.2, 0.25) is 0 Å². The Morgan fingerprint density at radius 2 is 1.57 bits per heavy atom. The Labute approximate surface area is 182 Å². The van der Waals surface area contributed by atoms with Crippen molar-refractivity contribution >= 4 is 28.3 Å². The summed E-state index contributed by atoms with van der Waals surface area (Å²) in [6.07, 6.45) is 1.03. The van der Waals surface area contributed by atoms with Crippen LogP contribution in [0.2, 0.25) is 5.02 Å². The maximum Gasteiger partial charge on any atom is 0.162 e. The Bertz CT molecular complexity index is 1140. The van der Waals surface area contributed by atoms with Crippen LogP contribution < -0.4 is 5.32 Å². The molecule has 0 aliphatic rings. The van der Waals surface area contributed by atoms with Crippen molar-refractivity contribution in [1.29, 1.82) is 0 Å². The third-order valence-electron chi connectivity index (χ3n) is 4.98. The quantitative estimate of drug-likeness (QED) is 0.376. The van der Waals surface area contributed by atoms with Gasteiger partial charge in [0, 0.05) is 17.5 Å². The summed E-state index contributed by atoms with van der Waals surface area (Å²) in [5, 5.41) is 5.06. The van der Waals surface area contributed by atoms with Crippen molar-refractivity contribution in [3.8, 4) is 22.5 Å². The molecule has 3 aromatic carbocycles. The summed E-state index contributed by atoms with van der Waals surface area (Å²) in [6, 6.07) is 24.5. The van der Waals surface area contributed by atoms with Crippen LogP contribution in [-0.4, -0.2) is 42.1 Å². The minimum atomic E-state index is 0.631. The summed E-state index contributed by atoms with van der Waals surface area (Å²) in [6.45, 7) is 1.85. The van der Waals surface area contributed by atoms with Gasteiger partial charge in [0.1, 0.15) is 5.82 Å². The number of hydrogen-bond donors (Lipinski definition) is 1. The number of nitrogens with one attached hydrogen (secondary N) is 1. The zero-order chi connectivity index (χ0) is 20.9. The van der Waals surface area contributed by atoms with Gasteiger partial charge in [-0.1, -0.05) is 66.2 Å². The van der Waals surface area contributed by atoms with Crippen LogP contribution in [0.5, 0.6) is 0 Å². The molecule has 152 valence electrons. The van der Waals surface area contributed by atoms with Gasteiger partial charge >= 0.3 is 0 Å². The van der Waals surface area contributed by atoms with Gasteiger partial charge in [-0.3, -0.25) is 0 Å². The minimum Gasteiger partial charge on any atom is -0.369 e. The Hall–Kier alpha value is -2.95. The lowest BCUT2D eigenvalue weighted by Crippen LogP contribution is -2.17. The monoisotopic (exact) mass is 416 g/mol. The predicted molar refractivity (Wildman–Crippen MR) is 127 cm³/mol. The Kier molecular flexibility index (Phi) is 6.26. The van der Waals surface area contributed by atoms with Gasteiger partial charge in [-0.2, -0.15) is 0 Å². The number of hydrogen-bond acceptors (Lipinski definition) is 4. The highest BCUT2D eigenvalue weighted by Crippen LogP contribution is 2.31. The van der Waals surface area contributed by atoms with Crippen molar-refractivity contribution < 1.29 is 0 Å². The van der Waals surface area contributed by atoms with Gasteiger partial charge in [-0.25, -0.2) is 9.97 Å². The highest BCUT2D eigenvalue weighted by atomic mass is 35.5. The van der Waals surface area contributed by atoms with E-state index >= 15 is 0 Å². The average molecular weight is 417 g/mol. The third kappa shape index (κ3) is 4.61. The van der Waals surface area contributed by atoms with Crippen molar-refractivity contribution in [2.45, 2.75) is 6.42 Å². The molecular formula is C25H25ClN4. The molecule has 0 radical (unpaired) electrons. The molecule has 4 nitrogen and oxygen atoms in total. The molecule has 30 heavy (non-hydrogen) atoms. The molecule has 1 N–H and O–H groups in total. The first-order valence-electron chi connectivity index (χ1n) is 10.1. The van der Waals surface area contributed by atoms with Gasteiger partial charge in [0.25, 0.3) is 0 Å². The molecule has 4 rings (SSSR count). The average Bonchev–Trinajstić information content (AvgIpc) is 2.77. The van der Waals surface area contributed by atoms with E-state index in [4.69, 9.17) is 21.6 Å². The molecule has 5 heteroatoms. The second kappa shape index (κ2) is 9.24. The number of anilines is 1. The number of halogens is 1. The molecular weight excluding hydrogens is 392 g/mol. The van der Waals surface area contributed by atoms with Crippen LogP contribution in [0.15, 0.2) is 72.8 Å². The number of nitrogens with zero attached hydrogens (tertiary/aromatic N) is 3. The molecule has 0 aliphatic carbocycles. The molecule has 0 spiro atoms. The second-order valence-corrected chi connectivity index (χ2v) is 7.97. The van der Waals surface area contributed by atoms with E-state index in [-0.39, 0.29) is 0 Å². The molecule has 0 unspecified atom stereocenters. The van der Waals surface area contributed by atoms with Gasteiger partial charge in [-0.05, 0) is 56.4 Å². The summed E-state index contributed by atoms with van der Waals surface area (Å²) in [4.78, 5) is 11.9. The highest BCUT2D eigenvalue weighted by Gasteiger charge is 2.12. The smallest absolute Gasteiger partial charge is 0.162 e. The molecule has 0 saturated carbocycles. The number of fused-ring (bicyclic) bond motifs is 1. The SMILES string of the molecule is CN(C)CCCNc1nc(-c2cccc(-c3ccccc3)c2)nc2c(Cl)cccc12. The van der Waals surface area contributed by atoms with Gasteiger partial charge in [0.15, 0.2) is 5.82 Å². The molecule has 0 amide bonds. The van der Waals surface area contributed by atoms with Crippen molar-refractivity contribution in [2.24, 2.45) is 0 Å². The first kappa shape index (κ1) is 20.3. The van der Waals surface area contributed by atoms with E-state index in [1.165, 1.54) is 5.56 Å². The van der Waals surface area contributed by atoms with E-state index < -0.39 is 0 Å². The van der Waals surface area contributed by atoms with Gasteiger partial charge < -0.3 is 10.2 Å². The van der Waals surface area contributed by atoms with E-state index in [0.29, 0.717) is 10.8 Å². The summed E-state index contributed by atoms with van der Waals surface area (Å²) >= 11 is 6.49. The Morgan fingerprint density at radius 1 is 0.833 bits per heavy atom. The zero-order valence-electron chi connectivity index (χ0n) is 17.3.